The fraction of sp³-hybridized carbons (Fsp3) is 0.409. The van der Waals surface area contributed by atoms with Gasteiger partial charge in [-0.3, -0.25) is 9.59 Å². The summed E-state index contributed by atoms with van der Waals surface area (Å²) in [5.74, 6) is 0.380. The predicted molar refractivity (Wildman–Crippen MR) is 120 cm³/mol. The minimum atomic E-state index is -0.180. The van der Waals surface area contributed by atoms with Crippen LogP contribution in [0.2, 0.25) is 0 Å². The molecule has 0 spiro atoms. The van der Waals surface area contributed by atoms with Crippen LogP contribution in [0.15, 0.2) is 50.6 Å². The van der Waals surface area contributed by atoms with Crippen molar-refractivity contribution in [3.8, 4) is 6.07 Å². The number of hydrogen-bond donors (Lipinski definition) is 2. The van der Waals surface area contributed by atoms with E-state index in [0.717, 1.165) is 40.7 Å². The summed E-state index contributed by atoms with van der Waals surface area (Å²) in [5, 5.41) is 16.7. The number of amides is 1. The summed E-state index contributed by atoms with van der Waals surface area (Å²) in [6, 6.07) is 9.71. The first kappa shape index (κ1) is 21.7. The van der Waals surface area contributed by atoms with Crippen LogP contribution in [0.4, 0.5) is 5.69 Å². The molecular formula is C22H24BrN3O2S. The van der Waals surface area contributed by atoms with Crippen molar-refractivity contribution in [3.05, 3.63) is 50.6 Å². The Balaban J connectivity index is 1.76. The van der Waals surface area contributed by atoms with Gasteiger partial charge in [0, 0.05) is 33.8 Å². The average Bonchev–Trinajstić information content (AvgIpc) is 2.67. The number of nitrogens with one attached hydrogen (secondary N) is 2. The smallest absolute Gasteiger partial charge is 0.234 e. The maximum Gasteiger partial charge on any atom is 0.234 e. The quantitative estimate of drug-likeness (QED) is 0.598. The summed E-state index contributed by atoms with van der Waals surface area (Å²) in [6.45, 7) is 4.20. The van der Waals surface area contributed by atoms with Crippen LogP contribution < -0.4 is 10.6 Å². The van der Waals surface area contributed by atoms with E-state index in [0.29, 0.717) is 22.9 Å². The van der Waals surface area contributed by atoms with Crippen molar-refractivity contribution in [1.29, 1.82) is 5.26 Å². The van der Waals surface area contributed by atoms with Gasteiger partial charge in [-0.15, -0.1) is 0 Å². The second kappa shape index (κ2) is 9.64. The highest BCUT2D eigenvalue weighted by Crippen LogP contribution is 2.41. The number of halogens is 1. The van der Waals surface area contributed by atoms with Crippen LogP contribution in [-0.4, -0.2) is 17.4 Å². The molecular weight excluding hydrogens is 450 g/mol. The number of ketones is 1. The highest BCUT2D eigenvalue weighted by Gasteiger charge is 2.36. The zero-order chi connectivity index (χ0) is 21.0. The standard InChI is InChI=1S/C22H24BrN3O2S/c1-13(2)10-16-17(11-24)22(26-18-4-3-5-19(27)21(16)18)29-12-20(28)25-15-8-6-14(23)7-9-15/h6-9,13,16,26H,3-5,10,12H2,1-2H3,(H,25,28). The number of hydrogen-bond acceptors (Lipinski definition) is 5. The summed E-state index contributed by atoms with van der Waals surface area (Å²) in [4.78, 5) is 25.0. The lowest BCUT2D eigenvalue weighted by atomic mass is 9.77. The zero-order valence-corrected chi connectivity index (χ0v) is 19.0. The van der Waals surface area contributed by atoms with Crippen molar-refractivity contribution >= 4 is 45.1 Å². The maximum absolute atomic E-state index is 12.6. The van der Waals surface area contributed by atoms with Crippen molar-refractivity contribution in [2.24, 2.45) is 11.8 Å². The van der Waals surface area contributed by atoms with E-state index < -0.39 is 0 Å². The first-order valence-electron chi connectivity index (χ1n) is 9.74. The minimum Gasteiger partial charge on any atom is -0.352 e. The second-order valence-corrected chi connectivity index (χ2v) is 9.58. The Labute approximate surface area is 184 Å². The van der Waals surface area contributed by atoms with Gasteiger partial charge in [-0.2, -0.15) is 5.26 Å². The number of Topliss-reactive ketones (excluding diaryl/α,β-unsaturated/α-hetero) is 1. The maximum atomic E-state index is 12.6. The highest BCUT2D eigenvalue weighted by molar-refractivity contribution is 9.10. The number of thioether (sulfide) groups is 1. The lowest BCUT2D eigenvalue weighted by Crippen LogP contribution is -2.33. The first-order valence-corrected chi connectivity index (χ1v) is 11.5. The van der Waals surface area contributed by atoms with Gasteiger partial charge in [-0.25, -0.2) is 0 Å². The predicted octanol–water partition coefficient (Wildman–Crippen LogP) is 5.13. The fourth-order valence-corrected chi connectivity index (χ4v) is 4.87. The third kappa shape index (κ3) is 5.31. The average molecular weight is 474 g/mol. The van der Waals surface area contributed by atoms with Crippen LogP contribution >= 0.6 is 27.7 Å². The van der Waals surface area contributed by atoms with Gasteiger partial charge < -0.3 is 10.6 Å². The molecule has 0 radical (unpaired) electrons. The molecule has 1 aromatic rings. The molecule has 1 aliphatic heterocycles. The molecule has 0 saturated heterocycles. The third-order valence-electron chi connectivity index (χ3n) is 4.97. The fourth-order valence-electron chi connectivity index (χ4n) is 3.72. The van der Waals surface area contributed by atoms with Crippen molar-refractivity contribution in [2.75, 3.05) is 11.1 Å². The molecule has 1 amide bonds. The highest BCUT2D eigenvalue weighted by atomic mass is 79.9. The van der Waals surface area contributed by atoms with Gasteiger partial charge in [0.15, 0.2) is 5.78 Å². The minimum absolute atomic E-state index is 0.135. The number of nitrogens with zero attached hydrogens (tertiary/aromatic N) is 1. The lowest BCUT2D eigenvalue weighted by Gasteiger charge is -2.33. The molecule has 3 rings (SSSR count). The van der Waals surface area contributed by atoms with Gasteiger partial charge in [-0.05, 0) is 49.4 Å². The van der Waals surface area contributed by atoms with Gasteiger partial charge in [-0.1, -0.05) is 41.5 Å². The molecule has 0 saturated carbocycles. The van der Waals surface area contributed by atoms with Crippen molar-refractivity contribution in [1.82, 2.24) is 5.32 Å². The number of benzene rings is 1. The molecule has 1 atom stereocenters. The number of nitriles is 1. The Morgan fingerprint density at radius 3 is 2.72 bits per heavy atom. The van der Waals surface area contributed by atoms with Gasteiger partial charge in [0.05, 0.1) is 22.4 Å². The van der Waals surface area contributed by atoms with E-state index in [4.69, 9.17) is 0 Å². The molecule has 1 unspecified atom stereocenters. The Morgan fingerprint density at radius 1 is 1.34 bits per heavy atom. The molecule has 152 valence electrons. The number of dihydropyridines is 1. The van der Waals surface area contributed by atoms with E-state index in [-0.39, 0.29) is 23.4 Å². The molecule has 1 aliphatic carbocycles. The van der Waals surface area contributed by atoms with E-state index >= 15 is 0 Å². The van der Waals surface area contributed by atoms with E-state index in [9.17, 15) is 14.9 Å². The summed E-state index contributed by atoms with van der Waals surface area (Å²) < 4.78 is 0.947. The van der Waals surface area contributed by atoms with E-state index in [1.54, 1.807) is 0 Å². The van der Waals surface area contributed by atoms with Gasteiger partial charge in [0.1, 0.15) is 0 Å². The Hall–Kier alpha value is -2.04. The molecule has 5 nitrogen and oxygen atoms in total. The van der Waals surface area contributed by atoms with Gasteiger partial charge in [0.2, 0.25) is 5.91 Å². The van der Waals surface area contributed by atoms with E-state index in [1.165, 1.54) is 11.8 Å². The topological polar surface area (TPSA) is 82.0 Å². The number of carbonyl (C=O) groups is 2. The lowest BCUT2D eigenvalue weighted by molar-refractivity contribution is -0.116. The summed E-state index contributed by atoms with van der Waals surface area (Å²) in [6.07, 6.45) is 2.93. The van der Waals surface area contributed by atoms with Gasteiger partial charge in [0.25, 0.3) is 0 Å². The summed E-state index contributed by atoms with van der Waals surface area (Å²) in [7, 11) is 0. The van der Waals surface area contributed by atoms with Crippen LogP contribution in [0, 0.1) is 23.2 Å². The van der Waals surface area contributed by atoms with E-state index in [2.05, 4.69) is 46.5 Å². The van der Waals surface area contributed by atoms with Crippen molar-refractivity contribution in [2.45, 2.75) is 39.5 Å². The normalized spacial score (nSPS) is 19.0. The Bertz CT molecular complexity index is 913. The zero-order valence-electron chi connectivity index (χ0n) is 16.5. The van der Waals surface area contributed by atoms with Gasteiger partial charge >= 0.3 is 0 Å². The van der Waals surface area contributed by atoms with Crippen LogP contribution in [0.5, 0.6) is 0 Å². The number of anilines is 1. The Morgan fingerprint density at radius 2 is 2.07 bits per heavy atom. The summed E-state index contributed by atoms with van der Waals surface area (Å²) in [5.41, 5.74) is 3.02. The second-order valence-electron chi connectivity index (χ2n) is 7.67. The first-order chi connectivity index (χ1) is 13.9. The molecule has 1 aromatic carbocycles. The SMILES string of the molecule is CC(C)CC1C(C#N)=C(SCC(=O)Nc2ccc(Br)cc2)NC2=C1C(=O)CCC2. The third-order valence-corrected chi connectivity index (χ3v) is 6.51. The van der Waals surface area contributed by atoms with Crippen LogP contribution in [0.1, 0.15) is 39.5 Å². The largest absolute Gasteiger partial charge is 0.352 e. The monoisotopic (exact) mass is 473 g/mol. The van der Waals surface area contributed by atoms with Crippen molar-refractivity contribution < 1.29 is 9.59 Å². The molecule has 7 heteroatoms. The van der Waals surface area contributed by atoms with E-state index in [1.807, 2.05) is 24.3 Å². The molecule has 2 N–H and O–H groups in total. The molecule has 0 aromatic heterocycles. The number of allylic oxidation sites excluding steroid dienone is 3. The molecule has 0 bridgehead atoms. The summed E-state index contributed by atoms with van der Waals surface area (Å²) >= 11 is 4.70. The molecule has 1 heterocycles. The van der Waals surface area contributed by atoms with Crippen molar-refractivity contribution in [3.63, 3.8) is 0 Å². The molecule has 0 fully saturated rings. The number of rotatable bonds is 6. The molecule has 2 aliphatic rings. The Kier molecular flexibility index (Phi) is 7.20. The number of carbonyl (C=O) groups excluding carboxylic acids is 2. The van der Waals surface area contributed by atoms with Crippen LogP contribution in [-0.2, 0) is 9.59 Å². The van der Waals surface area contributed by atoms with Crippen LogP contribution in [0.3, 0.4) is 0 Å². The van der Waals surface area contributed by atoms with Crippen LogP contribution in [0.25, 0.3) is 0 Å². The molecule has 29 heavy (non-hydrogen) atoms.